The molecular formula is C82H87N9O15. The molecule has 10 aromatic rings. The van der Waals surface area contributed by atoms with Crippen molar-refractivity contribution in [2.45, 2.75) is 121 Å². The molecule has 0 radical (unpaired) electrons. The number of amides is 3. The van der Waals surface area contributed by atoms with E-state index in [-0.39, 0.29) is 42.6 Å². The number of aromatic hydroxyl groups is 2. The Morgan fingerprint density at radius 2 is 0.726 bits per heavy atom. The van der Waals surface area contributed by atoms with Crippen molar-refractivity contribution >= 4 is 35.6 Å². The number of benzene rings is 7. The molecule has 3 aliphatic carbocycles. The summed E-state index contributed by atoms with van der Waals surface area (Å²) in [6, 6.07) is 50.1. The summed E-state index contributed by atoms with van der Waals surface area (Å²) in [7, 11) is 8.73. The maximum absolute atomic E-state index is 13.8. The van der Waals surface area contributed by atoms with Gasteiger partial charge in [-0.15, -0.1) is 0 Å². The van der Waals surface area contributed by atoms with Crippen LogP contribution in [0.25, 0.3) is 17.1 Å². The number of carbonyl (C=O) groups excluding carboxylic acids is 6. The molecule has 5 N–H and O–H groups in total. The minimum Gasteiger partial charge on any atom is -0.508 e. The van der Waals surface area contributed by atoms with Crippen LogP contribution in [0.1, 0.15) is 126 Å². The molecule has 3 heterocycles. The van der Waals surface area contributed by atoms with Crippen LogP contribution in [0.15, 0.2) is 176 Å². The second-order valence-corrected chi connectivity index (χ2v) is 25.8. The summed E-state index contributed by atoms with van der Waals surface area (Å²) in [6.07, 6.45) is 11.5. The lowest BCUT2D eigenvalue weighted by atomic mass is 9.95. The highest BCUT2D eigenvalue weighted by molar-refractivity contribution is 5.99. The van der Waals surface area contributed by atoms with Gasteiger partial charge in [-0.1, -0.05) is 66.7 Å². The number of phenols is 2. The first-order valence-electron chi connectivity index (χ1n) is 35.3. The van der Waals surface area contributed by atoms with E-state index in [1.54, 1.807) is 79.2 Å². The van der Waals surface area contributed by atoms with Crippen molar-refractivity contribution in [3.63, 3.8) is 0 Å². The van der Waals surface area contributed by atoms with Gasteiger partial charge < -0.3 is 59.3 Å². The highest BCUT2D eigenvalue weighted by Crippen LogP contribution is 2.32. The Morgan fingerprint density at radius 3 is 1.12 bits per heavy atom. The molecule has 24 heteroatoms. The molecule has 0 saturated carbocycles. The third kappa shape index (κ3) is 18.6. The lowest BCUT2D eigenvalue weighted by Gasteiger charge is -2.19. The zero-order chi connectivity index (χ0) is 74.6. The van der Waals surface area contributed by atoms with Crippen molar-refractivity contribution in [1.82, 2.24) is 45.3 Å². The molecule has 3 unspecified atom stereocenters. The second kappa shape index (κ2) is 35.8. The van der Waals surface area contributed by atoms with Gasteiger partial charge in [-0.2, -0.15) is 15.3 Å². The van der Waals surface area contributed by atoms with E-state index in [2.05, 4.69) is 21.0 Å². The number of aromatic nitrogens is 6. The second-order valence-electron chi connectivity index (χ2n) is 25.8. The maximum atomic E-state index is 13.8. The van der Waals surface area contributed by atoms with Gasteiger partial charge in [0.15, 0.2) is 5.69 Å². The van der Waals surface area contributed by atoms with Gasteiger partial charge >= 0.3 is 17.9 Å². The predicted molar refractivity (Wildman–Crippen MR) is 395 cm³/mol. The number of phenolic OH excluding ortho intramolecular Hbond substituents is 2. The quantitative estimate of drug-likeness (QED) is 0.0277. The molecule has 0 bridgehead atoms. The third-order valence-corrected chi connectivity index (χ3v) is 18.8. The van der Waals surface area contributed by atoms with Crippen LogP contribution >= 0.6 is 0 Å². The number of nitrogens with zero attached hydrogens (tertiary/aromatic N) is 6. The van der Waals surface area contributed by atoms with E-state index in [1.165, 1.54) is 21.3 Å². The first-order chi connectivity index (χ1) is 51.5. The van der Waals surface area contributed by atoms with Crippen LogP contribution in [0.5, 0.6) is 34.5 Å². The monoisotopic (exact) mass is 1440 g/mol. The molecule has 3 amide bonds. The van der Waals surface area contributed by atoms with Gasteiger partial charge in [-0.05, 0) is 208 Å². The van der Waals surface area contributed by atoms with Crippen molar-refractivity contribution in [2.24, 2.45) is 0 Å². The van der Waals surface area contributed by atoms with Gasteiger partial charge in [0.1, 0.15) is 70.6 Å². The summed E-state index contributed by atoms with van der Waals surface area (Å²) in [5, 5.41) is 41.8. The van der Waals surface area contributed by atoms with E-state index >= 15 is 0 Å². The average molecular weight is 1440 g/mol. The fourth-order valence-corrected chi connectivity index (χ4v) is 13.2. The van der Waals surface area contributed by atoms with Crippen LogP contribution in [-0.4, -0.2) is 136 Å². The number of hydrogen-bond acceptors (Lipinski definition) is 18. The van der Waals surface area contributed by atoms with E-state index in [0.717, 1.165) is 162 Å². The molecule has 550 valence electrons. The SMILES string of the molecule is COC(=O)C(Cc1ccc(O)cc1)NC(=O)c1c2c(nn1-c1ccc(OC)cc1)CCCC2.COC(=O)C(Cc1ccc(O)cc1)NC(=O)c1nn(-c2ccc(OC)cc2)c2c1CCCC2.COC(=O)C(Cc1ccc(OCc2ccccc2)cc1)NC(=O)c1c2c(nn1-c1ccc(OC)cc1)CCCC2. The van der Waals surface area contributed by atoms with Crippen molar-refractivity contribution in [3.8, 4) is 51.6 Å². The minimum absolute atomic E-state index is 0.132. The Bertz CT molecular complexity index is 4650. The van der Waals surface area contributed by atoms with E-state index in [4.69, 9.17) is 43.4 Å². The van der Waals surface area contributed by atoms with Gasteiger partial charge in [-0.3, -0.25) is 14.4 Å². The first kappa shape index (κ1) is 75.0. The lowest BCUT2D eigenvalue weighted by Crippen LogP contribution is -2.44. The Hall–Kier alpha value is -12.2. The number of esters is 3. The fourth-order valence-electron chi connectivity index (χ4n) is 13.2. The van der Waals surface area contributed by atoms with E-state index < -0.39 is 41.9 Å². The van der Waals surface area contributed by atoms with Gasteiger partial charge in [0, 0.05) is 41.6 Å². The molecule has 3 aromatic heterocycles. The van der Waals surface area contributed by atoms with Crippen molar-refractivity contribution in [3.05, 3.63) is 249 Å². The Morgan fingerprint density at radius 1 is 0.377 bits per heavy atom. The normalized spacial score (nSPS) is 13.5. The molecule has 3 aliphatic rings. The van der Waals surface area contributed by atoms with Crippen molar-refractivity contribution in [1.29, 1.82) is 0 Å². The van der Waals surface area contributed by atoms with Crippen molar-refractivity contribution < 1.29 is 72.1 Å². The number of methoxy groups -OCH3 is 6. The molecule has 13 rings (SSSR count). The number of rotatable bonds is 24. The summed E-state index contributed by atoms with van der Waals surface area (Å²) in [5.41, 5.74) is 12.7. The number of ether oxygens (including phenoxy) is 7. The third-order valence-electron chi connectivity index (χ3n) is 18.8. The average Bonchev–Trinajstić information content (AvgIpc) is 1.62. The number of fused-ring (bicyclic) bond motifs is 3. The summed E-state index contributed by atoms with van der Waals surface area (Å²) in [4.78, 5) is 78.2. The highest BCUT2D eigenvalue weighted by atomic mass is 16.5. The number of carbonyl (C=O) groups is 6. The summed E-state index contributed by atoms with van der Waals surface area (Å²) >= 11 is 0. The van der Waals surface area contributed by atoms with Crippen molar-refractivity contribution in [2.75, 3.05) is 42.7 Å². The predicted octanol–water partition coefficient (Wildman–Crippen LogP) is 10.8. The molecule has 106 heavy (non-hydrogen) atoms. The van der Waals surface area contributed by atoms with Gasteiger partial charge in [0.25, 0.3) is 17.7 Å². The molecule has 0 aliphatic heterocycles. The van der Waals surface area contributed by atoms with E-state index in [1.807, 2.05) is 132 Å². The number of aryl methyl sites for hydroxylation is 2. The summed E-state index contributed by atoms with van der Waals surface area (Å²) in [6.45, 7) is 0.466. The van der Waals surface area contributed by atoms with Crippen LogP contribution in [0.4, 0.5) is 0 Å². The zero-order valence-electron chi connectivity index (χ0n) is 60.2. The van der Waals surface area contributed by atoms with Gasteiger partial charge in [0.05, 0.1) is 71.1 Å². The lowest BCUT2D eigenvalue weighted by molar-refractivity contribution is -0.143. The molecular weight excluding hydrogens is 1350 g/mol. The molecule has 0 spiro atoms. The maximum Gasteiger partial charge on any atom is 0.328 e. The molecule has 3 atom stereocenters. The minimum atomic E-state index is -0.884. The Kier molecular flexibility index (Phi) is 25.3. The molecule has 0 saturated heterocycles. The summed E-state index contributed by atoms with van der Waals surface area (Å²) < 4.78 is 41.7. The first-order valence-corrected chi connectivity index (χ1v) is 35.3. The van der Waals surface area contributed by atoms with Gasteiger partial charge in [0.2, 0.25) is 0 Å². The number of hydrogen-bond donors (Lipinski definition) is 5. The standard InChI is InChI=1S/C32H33N3O5.2C25H27N3O5/c1-38-25-18-14-24(15-19-25)35-30(27-10-6-7-11-28(27)34-35)31(36)33-29(32(37)39-2)20-22-12-16-26(17-13-22)40-21-23-8-4-3-5-9-23;1-32-19-13-9-17(10-14-19)28-22-6-4-3-5-20(22)23(27-28)24(30)26-21(25(31)33-2)15-16-7-11-18(29)12-8-16;1-32-19-13-9-17(10-14-19)28-23(20-5-3-4-6-21(20)27-28)24(30)26-22(25(31)33-2)15-16-7-11-18(29)12-8-16/h3-5,8-9,12-19,29H,6-7,10-11,20-21H2,1-2H3,(H,33,36);7-14,21,29H,3-6,15H2,1-2H3,(H,26,30);7-14,22,29H,3-6,15H2,1-2H3,(H,26,30). The smallest absolute Gasteiger partial charge is 0.328 e. The number of nitrogens with one attached hydrogen (secondary N) is 3. The summed E-state index contributed by atoms with van der Waals surface area (Å²) in [5.74, 6) is 0.419. The fraction of sp³-hybridized carbons (Fsp3) is 0.305. The largest absolute Gasteiger partial charge is 0.508 e. The van der Waals surface area contributed by atoms with E-state index in [0.29, 0.717) is 35.2 Å². The molecule has 0 fully saturated rings. The van der Waals surface area contributed by atoms with E-state index in [9.17, 15) is 39.0 Å². The molecule has 24 nitrogen and oxygen atoms in total. The van der Waals surface area contributed by atoms with Gasteiger partial charge in [-0.25, -0.2) is 28.4 Å². The highest BCUT2D eigenvalue weighted by Gasteiger charge is 2.34. The zero-order valence-corrected chi connectivity index (χ0v) is 60.2. The van der Waals surface area contributed by atoms with Crippen LogP contribution in [0, 0.1) is 0 Å². The topological polar surface area (TPSA) is 297 Å². The Balaban J connectivity index is 0.000000160. The van der Waals surface area contributed by atoms with Crippen LogP contribution in [0.2, 0.25) is 0 Å². The van der Waals surface area contributed by atoms with Crippen LogP contribution < -0.4 is 34.9 Å². The van der Waals surface area contributed by atoms with Crippen LogP contribution in [0.3, 0.4) is 0 Å². The Labute approximate surface area is 614 Å². The molecule has 7 aromatic carbocycles. The van der Waals surface area contributed by atoms with Crippen LogP contribution in [-0.2, 0) is 93.0 Å².